The first-order valence-corrected chi connectivity index (χ1v) is 8.53. The van der Waals surface area contributed by atoms with Gasteiger partial charge in [0.05, 0.1) is 13.2 Å². The van der Waals surface area contributed by atoms with Crippen molar-refractivity contribution in [2.75, 3.05) is 59.0 Å². The van der Waals surface area contributed by atoms with E-state index in [1.54, 1.807) is 0 Å². The van der Waals surface area contributed by atoms with E-state index in [9.17, 15) is 4.79 Å². The molecule has 0 spiro atoms. The number of nitrogens with one attached hydrogen (secondary N) is 1. The van der Waals surface area contributed by atoms with Gasteiger partial charge in [0.2, 0.25) is 5.91 Å². The number of likely N-dealkylation sites (tertiary alicyclic amines) is 1. The van der Waals surface area contributed by atoms with E-state index in [0.29, 0.717) is 11.8 Å². The molecule has 3 saturated heterocycles. The second kappa shape index (κ2) is 7.07. The third-order valence-corrected chi connectivity index (χ3v) is 5.46. The number of hydrogen-bond acceptors (Lipinski definition) is 4. The molecule has 3 aliphatic heterocycles. The SMILES string of the molecule is CC(C(=O)N1CCC(CN2CCOCC2)CC1)C1CNC1. The second-order valence-corrected chi connectivity index (χ2v) is 6.89. The Morgan fingerprint density at radius 3 is 2.43 bits per heavy atom. The predicted octanol–water partition coefficient (Wildman–Crippen LogP) is 0.413. The number of rotatable bonds is 4. The summed E-state index contributed by atoms with van der Waals surface area (Å²) < 4.78 is 5.40. The molecule has 3 fully saturated rings. The Hall–Kier alpha value is -0.650. The molecule has 0 aromatic rings. The molecular weight excluding hydrogens is 266 g/mol. The minimum Gasteiger partial charge on any atom is -0.379 e. The van der Waals surface area contributed by atoms with Crippen LogP contribution in [0.1, 0.15) is 19.8 Å². The summed E-state index contributed by atoms with van der Waals surface area (Å²) in [5.41, 5.74) is 0. The zero-order valence-corrected chi connectivity index (χ0v) is 13.2. The van der Waals surface area contributed by atoms with E-state index in [-0.39, 0.29) is 5.92 Å². The lowest BCUT2D eigenvalue weighted by molar-refractivity contribution is -0.138. The van der Waals surface area contributed by atoms with Crippen molar-refractivity contribution >= 4 is 5.91 Å². The van der Waals surface area contributed by atoms with Gasteiger partial charge in [0.15, 0.2) is 0 Å². The van der Waals surface area contributed by atoms with E-state index in [0.717, 1.165) is 58.4 Å². The van der Waals surface area contributed by atoms with Crippen molar-refractivity contribution in [2.24, 2.45) is 17.8 Å². The zero-order chi connectivity index (χ0) is 14.7. The largest absolute Gasteiger partial charge is 0.379 e. The Morgan fingerprint density at radius 2 is 1.86 bits per heavy atom. The molecule has 0 aromatic heterocycles. The summed E-state index contributed by atoms with van der Waals surface area (Å²) in [5, 5.41) is 3.27. The molecule has 0 aliphatic carbocycles. The van der Waals surface area contributed by atoms with Crippen molar-refractivity contribution in [2.45, 2.75) is 19.8 Å². The Kier molecular flexibility index (Phi) is 5.14. The minimum absolute atomic E-state index is 0.196. The minimum atomic E-state index is 0.196. The van der Waals surface area contributed by atoms with Crippen molar-refractivity contribution in [1.29, 1.82) is 0 Å². The molecule has 3 heterocycles. The highest BCUT2D eigenvalue weighted by Crippen LogP contribution is 2.23. The highest BCUT2D eigenvalue weighted by molar-refractivity contribution is 5.79. The van der Waals surface area contributed by atoms with Crippen molar-refractivity contribution in [3.05, 3.63) is 0 Å². The van der Waals surface area contributed by atoms with Crippen LogP contribution in [0.2, 0.25) is 0 Å². The van der Waals surface area contributed by atoms with Gasteiger partial charge >= 0.3 is 0 Å². The van der Waals surface area contributed by atoms with E-state index < -0.39 is 0 Å². The van der Waals surface area contributed by atoms with Gasteiger partial charge in [-0.05, 0) is 37.8 Å². The molecule has 3 aliphatic rings. The summed E-state index contributed by atoms with van der Waals surface area (Å²) in [6.45, 7) is 11.1. The fourth-order valence-corrected chi connectivity index (χ4v) is 3.64. The average Bonchev–Trinajstić information content (AvgIpc) is 2.46. The number of carbonyl (C=O) groups is 1. The number of hydrogen-bond donors (Lipinski definition) is 1. The first-order valence-electron chi connectivity index (χ1n) is 8.53. The van der Waals surface area contributed by atoms with Crippen molar-refractivity contribution < 1.29 is 9.53 Å². The average molecular weight is 295 g/mol. The molecule has 5 heteroatoms. The number of nitrogens with zero attached hydrogens (tertiary/aromatic N) is 2. The fourth-order valence-electron chi connectivity index (χ4n) is 3.64. The maximum Gasteiger partial charge on any atom is 0.225 e. The Labute approximate surface area is 128 Å². The third kappa shape index (κ3) is 3.76. The van der Waals surface area contributed by atoms with E-state index in [1.807, 2.05) is 0 Å². The van der Waals surface area contributed by atoms with Gasteiger partial charge in [0.25, 0.3) is 0 Å². The van der Waals surface area contributed by atoms with Gasteiger partial charge in [-0.15, -0.1) is 0 Å². The molecule has 0 bridgehead atoms. The highest BCUT2D eigenvalue weighted by Gasteiger charge is 2.33. The second-order valence-electron chi connectivity index (χ2n) is 6.89. The van der Waals surface area contributed by atoms with Gasteiger partial charge in [0, 0.05) is 38.6 Å². The van der Waals surface area contributed by atoms with Crippen LogP contribution in [0.15, 0.2) is 0 Å². The molecule has 0 saturated carbocycles. The fraction of sp³-hybridized carbons (Fsp3) is 0.938. The lowest BCUT2D eigenvalue weighted by Gasteiger charge is -2.39. The molecule has 120 valence electrons. The maximum absolute atomic E-state index is 12.5. The normalized spacial score (nSPS) is 27.4. The third-order valence-electron chi connectivity index (χ3n) is 5.46. The number of piperidine rings is 1. The quantitative estimate of drug-likeness (QED) is 0.816. The zero-order valence-electron chi connectivity index (χ0n) is 13.2. The monoisotopic (exact) mass is 295 g/mol. The van der Waals surface area contributed by atoms with Gasteiger partial charge in [-0.2, -0.15) is 0 Å². The van der Waals surface area contributed by atoms with E-state index in [2.05, 4.69) is 22.0 Å². The maximum atomic E-state index is 12.5. The van der Waals surface area contributed by atoms with Crippen LogP contribution < -0.4 is 5.32 Å². The molecule has 1 N–H and O–H groups in total. The van der Waals surface area contributed by atoms with Crippen LogP contribution in [0.4, 0.5) is 0 Å². The molecule has 1 amide bonds. The molecule has 3 rings (SSSR count). The number of morpholine rings is 1. The smallest absolute Gasteiger partial charge is 0.225 e. The molecule has 0 radical (unpaired) electrons. The topological polar surface area (TPSA) is 44.8 Å². The lowest BCUT2D eigenvalue weighted by atomic mass is 9.87. The van der Waals surface area contributed by atoms with E-state index in [4.69, 9.17) is 4.74 Å². The van der Waals surface area contributed by atoms with Crippen LogP contribution in [0, 0.1) is 17.8 Å². The number of ether oxygens (including phenoxy) is 1. The number of carbonyl (C=O) groups excluding carboxylic acids is 1. The Bertz CT molecular complexity index is 345. The highest BCUT2D eigenvalue weighted by atomic mass is 16.5. The summed E-state index contributed by atoms with van der Waals surface area (Å²) in [5.74, 6) is 1.89. The van der Waals surface area contributed by atoms with Crippen LogP contribution in [0.3, 0.4) is 0 Å². The van der Waals surface area contributed by atoms with Crippen LogP contribution in [-0.2, 0) is 9.53 Å². The van der Waals surface area contributed by atoms with E-state index >= 15 is 0 Å². The first-order chi connectivity index (χ1) is 10.2. The summed E-state index contributed by atoms with van der Waals surface area (Å²) in [6.07, 6.45) is 2.33. The van der Waals surface area contributed by atoms with Gasteiger partial charge in [0.1, 0.15) is 0 Å². The standard InChI is InChI=1S/C16H29N3O2/c1-13(15-10-17-11-15)16(20)19-4-2-14(3-5-19)12-18-6-8-21-9-7-18/h13-15,17H,2-12H2,1H3. The van der Waals surface area contributed by atoms with Crippen LogP contribution in [0.5, 0.6) is 0 Å². The summed E-state index contributed by atoms with van der Waals surface area (Å²) in [4.78, 5) is 17.1. The van der Waals surface area contributed by atoms with Crippen LogP contribution >= 0.6 is 0 Å². The van der Waals surface area contributed by atoms with E-state index in [1.165, 1.54) is 19.4 Å². The Morgan fingerprint density at radius 1 is 1.19 bits per heavy atom. The van der Waals surface area contributed by atoms with Crippen LogP contribution in [0.25, 0.3) is 0 Å². The molecular formula is C16H29N3O2. The first kappa shape index (κ1) is 15.3. The molecule has 0 aromatic carbocycles. The van der Waals surface area contributed by atoms with Gasteiger partial charge < -0.3 is 15.0 Å². The predicted molar refractivity (Wildman–Crippen MR) is 82.1 cm³/mol. The molecule has 5 nitrogen and oxygen atoms in total. The molecule has 1 atom stereocenters. The van der Waals surface area contributed by atoms with Gasteiger partial charge in [-0.3, -0.25) is 9.69 Å². The lowest BCUT2D eigenvalue weighted by Crippen LogP contribution is -2.52. The molecule has 21 heavy (non-hydrogen) atoms. The molecule has 1 unspecified atom stereocenters. The summed E-state index contributed by atoms with van der Waals surface area (Å²) in [6, 6.07) is 0. The number of amides is 1. The Balaban J connectivity index is 1.40. The van der Waals surface area contributed by atoms with Crippen LogP contribution in [-0.4, -0.2) is 74.7 Å². The van der Waals surface area contributed by atoms with Crippen molar-refractivity contribution in [1.82, 2.24) is 15.1 Å². The van der Waals surface area contributed by atoms with Gasteiger partial charge in [-0.25, -0.2) is 0 Å². The van der Waals surface area contributed by atoms with Crippen molar-refractivity contribution in [3.8, 4) is 0 Å². The summed E-state index contributed by atoms with van der Waals surface area (Å²) in [7, 11) is 0. The van der Waals surface area contributed by atoms with Gasteiger partial charge in [-0.1, -0.05) is 6.92 Å². The van der Waals surface area contributed by atoms with Crippen molar-refractivity contribution in [3.63, 3.8) is 0 Å². The summed E-state index contributed by atoms with van der Waals surface area (Å²) >= 11 is 0.